The van der Waals surface area contributed by atoms with Crippen molar-refractivity contribution in [2.24, 2.45) is 5.92 Å². The van der Waals surface area contributed by atoms with Crippen LogP contribution >= 0.6 is 0 Å². The molecule has 1 aliphatic heterocycles. The number of nitrogens with zero attached hydrogens (tertiary/aromatic N) is 1. The highest BCUT2D eigenvalue weighted by atomic mass is 16.5. The van der Waals surface area contributed by atoms with Gasteiger partial charge in [-0.2, -0.15) is 0 Å². The molecule has 0 bridgehead atoms. The maximum atomic E-state index is 11.7. The molecule has 86 valence electrons. The Morgan fingerprint density at radius 2 is 2.27 bits per heavy atom. The number of ether oxygens (including phenoxy) is 1. The largest absolute Gasteiger partial charge is 0.481 e. The Balaban J connectivity index is 2.41. The summed E-state index contributed by atoms with van der Waals surface area (Å²) >= 11 is 0. The Kier molecular flexibility index (Phi) is 4.08. The van der Waals surface area contributed by atoms with Crippen LogP contribution in [0.1, 0.15) is 19.8 Å². The van der Waals surface area contributed by atoms with Crippen molar-refractivity contribution in [1.82, 2.24) is 4.90 Å². The zero-order valence-corrected chi connectivity index (χ0v) is 9.10. The zero-order chi connectivity index (χ0) is 11.4. The summed E-state index contributed by atoms with van der Waals surface area (Å²) in [7, 11) is 1.61. The Labute approximate surface area is 89.0 Å². The number of likely N-dealkylation sites (N-methyl/N-ethyl adjacent to an activating group) is 1. The van der Waals surface area contributed by atoms with Gasteiger partial charge in [0.25, 0.3) is 5.91 Å². The molecule has 2 unspecified atom stereocenters. The molecule has 1 fully saturated rings. The molecular weight excluding hydrogens is 198 g/mol. The first-order valence-corrected chi connectivity index (χ1v) is 5.11. The predicted octanol–water partition coefficient (Wildman–Crippen LogP) is 0.344. The van der Waals surface area contributed by atoms with Crippen LogP contribution in [0.25, 0.3) is 0 Å². The minimum Gasteiger partial charge on any atom is -0.481 e. The molecule has 5 nitrogen and oxygen atoms in total. The summed E-state index contributed by atoms with van der Waals surface area (Å²) in [6.45, 7) is 2.44. The van der Waals surface area contributed by atoms with Crippen molar-refractivity contribution in [3.05, 3.63) is 0 Å². The third-order valence-electron chi connectivity index (χ3n) is 2.55. The first-order chi connectivity index (χ1) is 7.02. The van der Waals surface area contributed by atoms with Crippen LogP contribution in [-0.4, -0.2) is 48.2 Å². The Morgan fingerprint density at radius 1 is 1.60 bits per heavy atom. The summed E-state index contributed by atoms with van der Waals surface area (Å²) in [5, 5.41) is 8.71. The lowest BCUT2D eigenvalue weighted by Gasteiger charge is -2.22. The van der Waals surface area contributed by atoms with E-state index in [0.29, 0.717) is 6.61 Å². The average Bonchev–Trinajstić information content (AvgIpc) is 2.68. The van der Waals surface area contributed by atoms with Gasteiger partial charge in [0.1, 0.15) is 6.10 Å². The van der Waals surface area contributed by atoms with Gasteiger partial charge in [-0.15, -0.1) is 0 Å². The Bertz CT molecular complexity index is 248. The van der Waals surface area contributed by atoms with E-state index in [2.05, 4.69) is 0 Å². The SMILES string of the molecule is CC(CN(C)C(=O)C1CCCO1)C(=O)O. The number of rotatable bonds is 4. The molecule has 0 aliphatic carbocycles. The van der Waals surface area contributed by atoms with E-state index in [1.54, 1.807) is 14.0 Å². The zero-order valence-electron chi connectivity index (χ0n) is 9.10. The van der Waals surface area contributed by atoms with Crippen molar-refractivity contribution >= 4 is 11.9 Å². The molecule has 0 aromatic heterocycles. The van der Waals surface area contributed by atoms with Crippen LogP contribution in [0.4, 0.5) is 0 Å². The fourth-order valence-electron chi connectivity index (χ4n) is 1.60. The molecule has 0 radical (unpaired) electrons. The number of aliphatic carboxylic acids is 1. The fraction of sp³-hybridized carbons (Fsp3) is 0.800. The lowest BCUT2D eigenvalue weighted by atomic mass is 10.1. The van der Waals surface area contributed by atoms with Gasteiger partial charge in [-0.05, 0) is 12.8 Å². The van der Waals surface area contributed by atoms with Gasteiger partial charge in [0.15, 0.2) is 0 Å². The van der Waals surface area contributed by atoms with Crippen molar-refractivity contribution in [2.45, 2.75) is 25.9 Å². The van der Waals surface area contributed by atoms with Gasteiger partial charge < -0.3 is 14.7 Å². The van der Waals surface area contributed by atoms with Crippen molar-refractivity contribution < 1.29 is 19.4 Å². The summed E-state index contributed by atoms with van der Waals surface area (Å²) in [6, 6.07) is 0. The molecule has 1 heterocycles. The molecule has 1 N–H and O–H groups in total. The van der Waals surface area contributed by atoms with Crippen LogP contribution in [0, 0.1) is 5.92 Å². The number of carboxylic acids is 1. The molecule has 5 heteroatoms. The molecule has 0 aromatic rings. The number of amides is 1. The van der Waals surface area contributed by atoms with E-state index in [9.17, 15) is 9.59 Å². The summed E-state index contributed by atoms with van der Waals surface area (Å²) < 4.78 is 5.24. The van der Waals surface area contributed by atoms with Gasteiger partial charge in [-0.25, -0.2) is 0 Å². The number of carbonyl (C=O) groups is 2. The molecule has 1 rings (SSSR count). The van der Waals surface area contributed by atoms with E-state index >= 15 is 0 Å². The smallest absolute Gasteiger partial charge is 0.308 e. The summed E-state index contributed by atoms with van der Waals surface area (Å²) in [5.74, 6) is -1.54. The quantitative estimate of drug-likeness (QED) is 0.734. The number of hydrogen-bond acceptors (Lipinski definition) is 3. The molecule has 1 saturated heterocycles. The average molecular weight is 215 g/mol. The lowest BCUT2D eigenvalue weighted by Crippen LogP contribution is -2.39. The van der Waals surface area contributed by atoms with E-state index in [4.69, 9.17) is 9.84 Å². The van der Waals surface area contributed by atoms with Crippen LogP contribution in [0.15, 0.2) is 0 Å². The van der Waals surface area contributed by atoms with Gasteiger partial charge in [0.05, 0.1) is 5.92 Å². The summed E-state index contributed by atoms with van der Waals surface area (Å²) in [6.07, 6.45) is 1.28. The highest BCUT2D eigenvalue weighted by Crippen LogP contribution is 2.14. The third-order valence-corrected chi connectivity index (χ3v) is 2.55. The maximum absolute atomic E-state index is 11.7. The third kappa shape index (κ3) is 3.20. The Hall–Kier alpha value is -1.10. The van der Waals surface area contributed by atoms with E-state index in [-0.39, 0.29) is 18.6 Å². The minimum absolute atomic E-state index is 0.111. The molecule has 2 atom stereocenters. The lowest BCUT2D eigenvalue weighted by molar-refractivity contribution is -0.145. The first-order valence-electron chi connectivity index (χ1n) is 5.11. The van der Waals surface area contributed by atoms with Gasteiger partial charge in [0, 0.05) is 20.2 Å². The van der Waals surface area contributed by atoms with Crippen LogP contribution in [0.2, 0.25) is 0 Å². The van der Waals surface area contributed by atoms with Crippen molar-refractivity contribution in [2.75, 3.05) is 20.2 Å². The number of carbonyl (C=O) groups excluding carboxylic acids is 1. The molecule has 1 amide bonds. The van der Waals surface area contributed by atoms with Gasteiger partial charge in [-0.3, -0.25) is 9.59 Å². The maximum Gasteiger partial charge on any atom is 0.308 e. The van der Waals surface area contributed by atoms with E-state index < -0.39 is 11.9 Å². The van der Waals surface area contributed by atoms with Crippen LogP contribution in [-0.2, 0) is 14.3 Å². The summed E-state index contributed by atoms with van der Waals surface area (Å²) in [5.41, 5.74) is 0. The second-order valence-corrected chi connectivity index (χ2v) is 3.96. The highest BCUT2D eigenvalue weighted by Gasteiger charge is 2.27. The van der Waals surface area contributed by atoms with E-state index in [1.165, 1.54) is 4.90 Å². The second kappa shape index (κ2) is 5.11. The molecule has 0 aromatic carbocycles. The first kappa shape index (κ1) is 12.0. The fourth-order valence-corrected chi connectivity index (χ4v) is 1.60. The van der Waals surface area contributed by atoms with Crippen molar-refractivity contribution in [3.8, 4) is 0 Å². The molecular formula is C10H17NO4. The predicted molar refractivity (Wildman–Crippen MR) is 53.4 cm³/mol. The van der Waals surface area contributed by atoms with Crippen LogP contribution in [0.3, 0.4) is 0 Å². The Morgan fingerprint density at radius 3 is 2.73 bits per heavy atom. The number of carboxylic acid groups (broad SMARTS) is 1. The van der Waals surface area contributed by atoms with Crippen LogP contribution < -0.4 is 0 Å². The van der Waals surface area contributed by atoms with Crippen molar-refractivity contribution in [3.63, 3.8) is 0 Å². The highest BCUT2D eigenvalue weighted by molar-refractivity contribution is 5.81. The van der Waals surface area contributed by atoms with Crippen molar-refractivity contribution in [1.29, 1.82) is 0 Å². The summed E-state index contributed by atoms with van der Waals surface area (Å²) in [4.78, 5) is 23.8. The molecule has 15 heavy (non-hydrogen) atoms. The molecule has 0 saturated carbocycles. The normalized spacial score (nSPS) is 22.4. The number of hydrogen-bond donors (Lipinski definition) is 1. The van der Waals surface area contributed by atoms with E-state index in [1.807, 2.05) is 0 Å². The molecule has 1 aliphatic rings. The standard InChI is InChI=1S/C10H17NO4/c1-7(10(13)14)6-11(2)9(12)8-4-3-5-15-8/h7-8H,3-6H2,1-2H3,(H,13,14). The van der Waals surface area contributed by atoms with E-state index in [0.717, 1.165) is 12.8 Å². The minimum atomic E-state index is -0.887. The van der Waals surface area contributed by atoms with Gasteiger partial charge >= 0.3 is 5.97 Å². The topological polar surface area (TPSA) is 66.8 Å². The van der Waals surface area contributed by atoms with Gasteiger partial charge in [0.2, 0.25) is 0 Å². The second-order valence-electron chi connectivity index (χ2n) is 3.96. The molecule has 0 spiro atoms. The van der Waals surface area contributed by atoms with Crippen LogP contribution in [0.5, 0.6) is 0 Å². The monoisotopic (exact) mass is 215 g/mol. The van der Waals surface area contributed by atoms with Gasteiger partial charge in [-0.1, -0.05) is 6.92 Å².